The fraction of sp³-hybridized carbons (Fsp3) is 0.923. The highest BCUT2D eigenvalue weighted by atomic mass is 15.1. The van der Waals surface area contributed by atoms with Gasteiger partial charge in [-0.1, -0.05) is 52.9 Å². The van der Waals surface area contributed by atoms with Crippen LogP contribution in [0.25, 0.3) is 0 Å². The molecule has 1 saturated carbocycles. The minimum absolute atomic E-state index is 0.787. The van der Waals surface area contributed by atoms with Gasteiger partial charge in [-0.3, -0.25) is 4.90 Å². The van der Waals surface area contributed by atoms with Gasteiger partial charge in [0.05, 0.1) is 0 Å². The average Bonchev–Trinajstić information content (AvgIpc) is 2.26. The molecule has 1 rings (SSSR count). The molecule has 1 radical (unpaired) electrons. The summed E-state index contributed by atoms with van der Waals surface area (Å²) in [5, 5.41) is 0. The number of rotatable bonds is 5. The van der Waals surface area contributed by atoms with Gasteiger partial charge in [0.1, 0.15) is 0 Å². The van der Waals surface area contributed by atoms with Crippen molar-refractivity contribution >= 4 is 0 Å². The Kier molecular flexibility index (Phi) is 5.54. The second-order valence-electron chi connectivity index (χ2n) is 4.63. The van der Waals surface area contributed by atoms with E-state index in [-0.39, 0.29) is 0 Å². The molecule has 1 fully saturated rings. The number of hydrogen-bond acceptors (Lipinski definition) is 1. The molecule has 0 bridgehead atoms. The predicted octanol–water partition coefficient (Wildman–Crippen LogP) is 3.71. The molecule has 14 heavy (non-hydrogen) atoms. The zero-order valence-electron chi connectivity index (χ0n) is 10.1. The Hall–Kier alpha value is -0.0400. The van der Waals surface area contributed by atoms with Gasteiger partial charge in [-0.05, 0) is 24.9 Å². The number of hydrogen-bond donors (Lipinski definition) is 0. The average molecular weight is 196 g/mol. The molecule has 0 heterocycles. The molecule has 0 aliphatic heterocycles. The molecular formula is C13H26N. The Labute approximate surface area is 89.9 Å². The third-order valence-corrected chi connectivity index (χ3v) is 3.65. The van der Waals surface area contributed by atoms with Crippen molar-refractivity contribution in [1.82, 2.24) is 4.90 Å². The summed E-state index contributed by atoms with van der Waals surface area (Å²) in [5.74, 6) is 1.75. The molecule has 0 amide bonds. The van der Waals surface area contributed by atoms with Crippen molar-refractivity contribution in [3.63, 3.8) is 0 Å². The molecule has 0 aromatic carbocycles. The van der Waals surface area contributed by atoms with Crippen molar-refractivity contribution in [1.29, 1.82) is 0 Å². The largest absolute Gasteiger partial charge is 0.299 e. The van der Waals surface area contributed by atoms with Crippen molar-refractivity contribution in [2.45, 2.75) is 52.9 Å². The Balaban J connectivity index is 2.27. The maximum Gasteiger partial charge on any atom is 0.0282 e. The monoisotopic (exact) mass is 196 g/mol. The van der Waals surface area contributed by atoms with Gasteiger partial charge in [0, 0.05) is 6.54 Å². The van der Waals surface area contributed by atoms with E-state index in [0.717, 1.165) is 24.9 Å². The Morgan fingerprint density at radius 3 is 2.21 bits per heavy atom. The molecule has 0 aromatic heterocycles. The molecule has 1 unspecified atom stereocenters. The van der Waals surface area contributed by atoms with Crippen molar-refractivity contribution in [3.05, 3.63) is 6.54 Å². The highest BCUT2D eigenvalue weighted by Crippen LogP contribution is 2.31. The van der Waals surface area contributed by atoms with Crippen LogP contribution in [0.1, 0.15) is 52.9 Å². The second-order valence-corrected chi connectivity index (χ2v) is 4.63. The fourth-order valence-corrected chi connectivity index (χ4v) is 2.55. The van der Waals surface area contributed by atoms with E-state index in [1.807, 2.05) is 0 Å². The summed E-state index contributed by atoms with van der Waals surface area (Å²) in [5.41, 5.74) is 0. The van der Waals surface area contributed by atoms with Gasteiger partial charge >= 0.3 is 0 Å². The fourth-order valence-electron chi connectivity index (χ4n) is 2.55. The van der Waals surface area contributed by atoms with E-state index < -0.39 is 0 Å². The van der Waals surface area contributed by atoms with Crippen LogP contribution in [0, 0.1) is 18.4 Å². The first-order valence-electron chi connectivity index (χ1n) is 6.37. The van der Waals surface area contributed by atoms with Crippen LogP contribution in [-0.4, -0.2) is 18.0 Å². The lowest BCUT2D eigenvalue weighted by atomic mass is 9.80. The van der Waals surface area contributed by atoms with Crippen LogP contribution in [-0.2, 0) is 0 Å². The molecule has 1 atom stereocenters. The molecule has 1 heteroatoms. The van der Waals surface area contributed by atoms with E-state index in [0.29, 0.717) is 0 Å². The van der Waals surface area contributed by atoms with Gasteiger partial charge in [-0.2, -0.15) is 0 Å². The molecule has 0 spiro atoms. The first-order chi connectivity index (χ1) is 6.77. The van der Waals surface area contributed by atoms with Crippen molar-refractivity contribution in [2.75, 3.05) is 13.1 Å². The Bertz CT molecular complexity index is 134. The first-order valence-corrected chi connectivity index (χ1v) is 6.37. The van der Waals surface area contributed by atoms with E-state index in [4.69, 9.17) is 0 Å². The van der Waals surface area contributed by atoms with Gasteiger partial charge in [-0.15, -0.1) is 0 Å². The van der Waals surface area contributed by atoms with Gasteiger partial charge in [0.2, 0.25) is 0 Å². The summed E-state index contributed by atoms with van der Waals surface area (Å²) in [6.45, 7) is 11.7. The number of nitrogens with zero attached hydrogens (tertiary/aromatic N) is 1. The Morgan fingerprint density at radius 2 is 1.71 bits per heavy atom. The molecule has 1 aliphatic carbocycles. The van der Waals surface area contributed by atoms with Crippen LogP contribution in [0.2, 0.25) is 0 Å². The normalized spacial score (nSPS) is 21.4. The van der Waals surface area contributed by atoms with E-state index in [1.165, 1.54) is 32.1 Å². The van der Waals surface area contributed by atoms with Gasteiger partial charge < -0.3 is 0 Å². The van der Waals surface area contributed by atoms with Crippen molar-refractivity contribution in [2.24, 2.45) is 11.8 Å². The van der Waals surface area contributed by atoms with Crippen LogP contribution >= 0.6 is 0 Å². The van der Waals surface area contributed by atoms with E-state index in [1.54, 1.807) is 0 Å². The minimum atomic E-state index is 0.787. The zero-order valence-corrected chi connectivity index (χ0v) is 10.1. The minimum Gasteiger partial charge on any atom is -0.299 e. The molecule has 1 aliphatic rings. The summed E-state index contributed by atoms with van der Waals surface area (Å²) in [6.07, 6.45) is 7.30. The maximum absolute atomic E-state index is 2.47. The Morgan fingerprint density at radius 1 is 1.14 bits per heavy atom. The van der Waals surface area contributed by atoms with E-state index in [2.05, 4.69) is 32.2 Å². The second kappa shape index (κ2) is 6.44. The highest BCUT2D eigenvalue weighted by molar-refractivity contribution is 4.81. The summed E-state index contributed by atoms with van der Waals surface area (Å²) >= 11 is 0. The summed E-state index contributed by atoms with van der Waals surface area (Å²) in [6, 6.07) is 0. The third kappa shape index (κ3) is 3.61. The summed E-state index contributed by atoms with van der Waals surface area (Å²) in [7, 11) is 0. The summed E-state index contributed by atoms with van der Waals surface area (Å²) < 4.78 is 0. The van der Waals surface area contributed by atoms with Crippen molar-refractivity contribution < 1.29 is 0 Å². The lowest BCUT2D eigenvalue weighted by Crippen LogP contribution is -2.27. The van der Waals surface area contributed by atoms with Crippen LogP contribution in [0.4, 0.5) is 0 Å². The predicted molar refractivity (Wildman–Crippen MR) is 63.0 cm³/mol. The molecule has 0 saturated heterocycles. The van der Waals surface area contributed by atoms with E-state index in [9.17, 15) is 0 Å². The van der Waals surface area contributed by atoms with E-state index >= 15 is 0 Å². The van der Waals surface area contributed by atoms with Gasteiger partial charge in [0.15, 0.2) is 0 Å². The molecule has 0 aromatic rings. The smallest absolute Gasteiger partial charge is 0.0282 e. The van der Waals surface area contributed by atoms with Crippen LogP contribution in [0.3, 0.4) is 0 Å². The molecule has 1 nitrogen and oxygen atoms in total. The lowest BCUT2D eigenvalue weighted by molar-refractivity contribution is 0.230. The maximum atomic E-state index is 2.47. The van der Waals surface area contributed by atoms with Crippen LogP contribution < -0.4 is 0 Å². The lowest BCUT2D eigenvalue weighted by Gasteiger charge is -2.31. The summed E-state index contributed by atoms with van der Waals surface area (Å²) in [4.78, 5) is 2.44. The van der Waals surface area contributed by atoms with Crippen LogP contribution in [0.5, 0.6) is 0 Å². The molecule has 0 N–H and O–H groups in total. The quantitative estimate of drug-likeness (QED) is 0.648. The zero-order chi connectivity index (χ0) is 10.4. The molecule has 83 valence electrons. The van der Waals surface area contributed by atoms with Crippen molar-refractivity contribution in [3.8, 4) is 0 Å². The topological polar surface area (TPSA) is 3.24 Å². The molecular weight excluding hydrogens is 170 g/mol. The first kappa shape index (κ1) is 12.0. The van der Waals surface area contributed by atoms with Crippen LogP contribution in [0.15, 0.2) is 0 Å². The SMILES string of the molecule is CCN([CH]C(C)C1CCCCC1)CC. The standard InChI is InChI=1S/C13H26N/c1-4-14(5-2)11-12(3)13-9-7-6-8-10-13/h11-13H,4-10H2,1-3H3. The van der Waals surface area contributed by atoms with Gasteiger partial charge in [0.25, 0.3) is 0 Å². The highest BCUT2D eigenvalue weighted by Gasteiger charge is 2.21. The van der Waals surface area contributed by atoms with Gasteiger partial charge in [-0.25, -0.2) is 0 Å². The third-order valence-electron chi connectivity index (χ3n) is 3.65.